The highest BCUT2D eigenvalue weighted by Crippen LogP contribution is 2.25. The highest BCUT2D eigenvalue weighted by Gasteiger charge is 2.33. The van der Waals surface area contributed by atoms with Gasteiger partial charge in [-0.1, -0.05) is 36.3 Å². The predicted molar refractivity (Wildman–Crippen MR) is 119 cm³/mol. The first-order valence-corrected chi connectivity index (χ1v) is 9.05. The number of aliphatic imine (C=N–C) groups is 1. The molecule has 1 aromatic carbocycles. The van der Waals surface area contributed by atoms with E-state index in [-0.39, 0.29) is 35.6 Å². The molecule has 1 aromatic rings. The molecule has 0 aliphatic carbocycles. The molecule has 0 saturated carbocycles. The second-order valence-corrected chi connectivity index (χ2v) is 6.42. The van der Waals surface area contributed by atoms with Gasteiger partial charge in [0, 0.05) is 31.3 Å². The molecule has 0 aromatic heterocycles. The number of nitrogens with zero attached hydrogens (tertiary/aromatic N) is 1. The highest BCUT2D eigenvalue weighted by atomic mass is 127. The van der Waals surface area contributed by atoms with Gasteiger partial charge in [-0.15, -0.1) is 30.4 Å². The summed E-state index contributed by atoms with van der Waals surface area (Å²) < 4.78 is 5.58. The van der Waals surface area contributed by atoms with E-state index in [1.54, 1.807) is 0 Å². The number of terminal acetylenes is 1. The Bertz CT molecular complexity index is 579. The van der Waals surface area contributed by atoms with Crippen molar-refractivity contribution in [1.82, 2.24) is 16.0 Å². The summed E-state index contributed by atoms with van der Waals surface area (Å²) in [4.78, 5) is 4.77. The van der Waals surface area contributed by atoms with Gasteiger partial charge >= 0.3 is 0 Å². The van der Waals surface area contributed by atoms with Crippen molar-refractivity contribution >= 4 is 29.9 Å². The van der Waals surface area contributed by atoms with Crippen LogP contribution in [0.3, 0.4) is 0 Å². The van der Waals surface area contributed by atoms with E-state index in [0.717, 1.165) is 38.6 Å². The molecule has 0 radical (unpaired) electrons. The van der Waals surface area contributed by atoms with Gasteiger partial charge in [0.05, 0.1) is 13.1 Å². The van der Waals surface area contributed by atoms with E-state index in [2.05, 4.69) is 53.1 Å². The summed E-state index contributed by atoms with van der Waals surface area (Å²) in [5, 5.41) is 10.2. The number of benzene rings is 1. The van der Waals surface area contributed by atoms with E-state index < -0.39 is 0 Å². The summed E-state index contributed by atoms with van der Waals surface area (Å²) in [7, 11) is 0. The predicted octanol–water partition coefficient (Wildman–Crippen LogP) is 2.69. The van der Waals surface area contributed by atoms with E-state index in [4.69, 9.17) is 16.2 Å². The maximum absolute atomic E-state index is 5.58. The number of hydrogen-bond acceptors (Lipinski definition) is 3. The number of halogens is 1. The summed E-state index contributed by atoms with van der Waals surface area (Å²) in [5.74, 6) is 3.35. The summed E-state index contributed by atoms with van der Waals surface area (Å²) in [6.07, 6.45) is 7.24. The Labute approximate surface area is 174 Å². The van der Waals surface area contributed by atoms with Crippen LogP contribution >= 0.6 is 24.0 Å². The third-order valence-corrected chi connectivity index (χ3v) is 4.51. The highest BCUT2D eigenvalue weighted by molar-refractivity contribution is 14.0. The summed E-state index contributed by atoms with van der Waals surface area (Å²) in [6, 6.07) is 10.8. The molecule has 26 heavy (non-hydrogen) atoms. The largest absolute Gasteiger partial charge is 0.381 e. The second-order valence-electron chi connectivity index (χ2n) is 6.42. The zero-order valence-electron chi connectivity index (χ0n) is 15.8. The molecule has 5 nitrogen and oxygen atoms in total. The molecule has 2 rings (SSSR count). The maximum atomic E-state index is 5.58. The Morgan fingerprint density at radius 3 is 2.58 bits per heavy atom. The Hall–Kier alpha value is -1.30. The molecule has 0 spiro atoms. The lowest BCUT2D eigenvalue weighted by Crippen LogP contribution is -2.53. The van der Waals surface area contributed by atoms with Gasteiger partial charge in [0.25, 0.3) is 0 Å². The van der Waals surface area contributed by atoms with Crippen molar-refractivity contribution in [2.24, 2.45) is 4.99 Å². The number of rotatable bonds is 7. The lowest BCUT2D eigenvalue weighted by molar-refractivity contribution is 0.0374. The van der Waals surface area contributed by atoms with Crippen LogP contribution in [0.1, 0.15) is 38.3 Å². The first kappa shape index (κ1) is 22.7. The van der Waals surface area contributed by atoms with Crippen molar-refractivity contribution in [3.8, 4) is 12.3 Å². The number of ether oxygens (including phenoxy) is 1. The molecule has 1 atom stereocenters. The average Bonchev–Trinajstić information content (AvgIpc) is 2.65. The average molecular weight is 470 g/mol. The van der Waals surface area contributed by atoms with Gasteiger partial charge in [-0.2, -0.15) is 0 Å². The second kappa shape index (κ2) is 12.2. The molecule has 1 heterocycles. The van der Waals surface area contributed by atoms with E-state index >= 15 is 0 Å². The summed E-state index contributed by atoms with van der Waals surface area (Å²) in [6.45, 7) is 7.74. The smallest absolute Gasteiger partial charge is 0.192 e. The Morgan fingerprint density at radius 2 is 1.96 bits per heavy atom. The molecule has 6 heteroatoms. The molecule has 0 bridgehead atoms. The van der Waals surface area contributed by atoms with Gasteiger partial charge in [0.1, 0.15) is 0 Å². The van der Waals surface area contributed by atoms with Gasteiger partial charge < -0.3 is 20.7 Å². The minimum atomic E-state index is -0.0635. The van der Waals surface area contributed by atoms with Crippen LogP contribution in [0.25, 0.3) is 0 Å². The number of nitrogens with one attached hydrogen (secondary N) is 3. The van der Waals surface area contributed by atoms with Crippen molar-refractivity contribution in [1.29, 1.82) is 0 Å². The van der Waals surface area contributed by atoms with Crippen molar-refractivity contribution in [2.75, 3.05) is 32.8 Å². The number of hydrogen-bond donors (Lipinski definition) is 3. The van der Waals surface area contributed by atoms with Crippen LogP contribution in [0.2, 0.25) is 0 Å². The molecule has 1 aliphatic heterocycles. The number of guanidine groups is 1. The van der Waals surface area contributed by atoms with Crippen molar-refractivity contribution in [3.05, 3.63) is 35.9 Å². The Balaban J connectivity index is 0.00000338. The van der Waals surface area contributed by atoms with Gasteiger partial charge in [-0.25, -0.2) is 0 Å². The monoisotopic (exact) mass is 470 g/mol. The van der Waals surface area contributed by atoms with Gasteiger partial charge in [-0.05, 0) is 32.3 Å². The zero-order valence-corrected chi connectivity index (χ0v) is 18.1. The van der Waals surface area contributed by atoms with Crippen LogP contribution in [0.4, 0.5) is 0 Å². The normalized spacial score (nSPS) is 17.5. The minimum absolute atomic E-state index is 0. The molecule has 1 unspecified atom stereocenters. The third-order valence-electron chi connectivity index (χ3n) is 4.51. The fourth-order valence-corrected chi connectivity index (χ4v) is 3.10. The van der Waals surface area contributed by atoms with Gasteiger partial charge in [0.15, 0.2) is 5.96 Å². The fraction of sp³-hybridized carbons (Fsp3) is 0.550. The quantitative estimate of drug-likeness (QED) is 0.248. The van der Waals surface area contributed by atoms with E-state index in [1.807, 2.05) is 13.0 Å². The van der Waals surface area contributed by atoms with E-state index in [9.17, 15) is 0 Å². The molecule has 1 aliphatic rings. The first-order chi connectivity index (χ1) is 12.2. The summed E-state index contributed by atoms with van der Waals surface area (Å²) >= 11 is 0. The van der Waals surface area contributed by atoms with Crippen LogP contribution in [0, 0.1) is 12.3 Å². The van der Waals surface area contributed by atoms with Crippen molar-refractivity contribution in [3.63, 3.8) is 0 Å². The van der Waals surface area contributed by atoms with E-state index in [1.165, 1.54) is 5.56 Å². The molecule has 3 N–H and O–H groups in total. The van der Waals surface area contributed by atoms with Crippen LogP contribution in [0.5, 0.6) is 0 Å². The molecule has 1 saturated heterocycles. The van der Waals surface area contributed by atoms with Crippen LogP contribution < -0.4 is 16.0 Å². The minimum Gasteiger partial charge on any atom is -0.381 e. The first-order valence-electron chi connectivity index (χ1n) is 9.05. The lowest BCUT2D eigenvalue weighted by atomic mass is 9.88. The van der Waals surface area contributed by atoms with Crippen molar-refractivity contribution in [2.45, 2.75) is 38.3 Å². The molecular weight excluding hydrogens is 439 g/mol. The summed E-state index contributed by atoms with van der Waals surface area (Å²) in [5.41, 5.74) is 1.22. The molecule has 1 fully saturated rings. The Morgan fingerprint density at radius 1 is 1.27 bits per heavy atom. The van der Waals surface area contributed by atoms with Crippen LogP contribution in [0.15, 0.2) is 35.3 Å². The third kappa shape index (κ3) is 7.14. The molecular formula is C20H31IN4O. The van der Waals surface area contributed by atoms with Crippen LogP contribution in [-0.2, 0) is 4.74 Å². The van der Waals surface area contributed by atoms with E-state index in [0.29, 0.717) is 13.1 Å². The molecule has 0 amide bonds. The molecule has 144 valence electrons. The SMILES string of the molecule is C#CCNC(=NCC1(NC(C)c2ccccc2)CCOCC1)NCC.I. The standard InChI is InChI=1S/C20H30N4O.HI/c1-4-13-22-19(21-5-2)23-16-20(11-14-25-15-12-20)24-17(3)18-9-7-6-8-10-18;/h1,6-10,17,24H,5,11-16H2,2-3H3,(H2,21,22,23);1H. The van der Waals surface area contributed by atoms with Crippen LogP contribution in [-0.4, -0.2) is 44.3 Å². The lowest BCUT2D eigenvalue weighted by Gasteiger charge is -2.39. The van der Waals surface area contributed by atoms with Crippen molar-refractivity contribution < 1.29 is 4.74 Å². The van der Waals surface area contributed by atoms with Gasteiger partial charge in [0.2, 0.25) is 0 Å². The fourth-order valence-electron chi connectivity index (χ4n) is 3.10. The topological polar surface area (TPSA) is 57.7 Å². The maximum Gasteiger partial charge on any atom is 0.192 e. The zero-order chi connectivity index (χ0) is 18.0. The van der Waals surface area contributed by atoms with Gasteiger partial charge in [-0.3, -0.25) is 4.99 Å². The Kier molecular flexibility index (Phi) is 10.6.